The highest BCUT2D eigenvalue weighted by molar-refractivity contribution is 5.81. The van der Waals surface area contributed by atoms with Gasteiger partial charge >= 0.3 is 6.09 Å². The third-order valence-corrected chi connectivity index (χ3v) is 1.22. The van der Waals surface area contributed by atoms with Crippen molar-refractivity contribution in [3.63, 3.8) is 0 Å². The number of hydrogen-bond donors (Lipinski definition) is 3. The van der Waals surface area contributed by atoms with Gasteiger partial charge in [-0.1, -0.05) is 0 Å². The summed E-state index contributed by atoms with van der Waals surface area (Å²) in [4.78, 5) is 17.7. The molecule has 6 nitrogen and oxygen atoms in total. The highest BCUT2D eigenvalue weighted by Gasteiger charge is 2.01. The summed E-state index contributed by atoms with van der Waals surface area (Å²) in [5.41, 5.74) is 5.87. The highest BCUT2D eigenvalue weighted by atomic mass is 16.4. The van der Waals surface area contributed by atoms with Crippen LogP contribution in [0, 0.1) is 6.92 Å². The molecule has 1 heterocycles. The smallest absolute Gasteiger partial charge is 0.410 e. The molecule has 0 fully saturated rings. The van der Waals surface area contributed by atoms with Crippen LogP contribution in [0.1, 0.15) is 5.69 Å². The van der Waals surface area contributed by atoms with Crippen molar-refractivity contribution in [2.75, 3.05) is 11.1 Å². The summed E-state index contributed by atoms with van der Waals surface area (Å²) in [5, 5.41) is 10.4. The SMILES string of the molecule is Cc1nc(NC(=O)O)cnc1N. The lowest BCUT2D eigenvalue weighted by molar-refractivity contribution is 0.209. The average Bonchev–Trinajstić information content (AvgIpc) is 1.96. The fraction of sp³-hybridized carbons (Fsp3) is 0.167. The zero-order chi connectivity index (χ0) is 9.14. The van der Waals surface area contributed by atoms with E-state index in [1.165, 1.54) is 6.20 Å². The van der Waals surface area contributed by atoms with Gasteiger partial charge in [-0.15, -0.1) is 0 Å². The van der Waals surface area contributed by atoms with E-state index >= 15 is 0 Å². The molecule has 1 aromatic rings. The molecule has 0 bridgehead atoms. The summed E-state index contributed by atoms with van der Waals surface area (Å²) in [6.45, 7) is 1.65. The molecule has 0 aliphatic carbocycles. The maximum absolute atomic E-state index is 10.2. The number of anilines is 2. The van der Waals surface area contributed by atoms with Gasteiger partial charge in [-0.05, 0) is 6.92 Å². The van der Waals surface area contributed by atoms with Crippen LogP contribution in [0.2, 0.25) is 0 Å². The first-order chi connectivity index (χ1) is 5.59. The van der Waals surface area contributed by atoms with Crippen LogP contribution in [-0.2, 0) is 0 Å². The minimum atomic E-state index is -1.17. The Morgan fingerprint density at radius 1 is 1.75 bits per heavy atom. The molecule has 0 saturated heterocycles. The first kappa shape index (κ1) is 8.25. The Bertz CT molecular complexity index is 312. The van der Waals surface area contributed by atoms with Crippen LogP contribution >= 0.6 is 0 Å². The lowest BCUT2D eigenvalue weighted by Gasteiger charge is -2.01. The maximum Gasteiger partial charge on any atom is 0.410 e. The monoisotopic (exact) mass is 168 g/mol. The van der Waals surface area contributed by atoms with Crippen LogP contribution in [0.5, 0.6) is 0 Å². The van der Waals surface area contributed by atoms with Gasteiger partial charge in [-0.2, -0.15) is 0 Å². The number of carboxylic acid groups (broad SMARTS) is 1. The number of rotatable bonds is 1. The number of carbonyl (C=O) groups is 1. The Morgan fingerprint density at radius 3 is 2.92 bits per heavy atom. The normalized spacial score (nSPS) is 9.42. The molecule has 0 aliphatic heterocycles. The fourth-order valence-electron chi connectivity index (χ4n) is 0.661. The van der Waals surface area contributed by atoms with Crippen molar-refractivity contribution in [2.45, 2.75) is 6.92 Å². The van der Waals surface area contributed by atoms with E-state index in [-0.39, 0.29) is 5.82 Å². The molecular weight excluding hydrogens is 160 g/mol. The fourth-order valence-corrected chi connectivity index (χ4v) is 0.661. The quantitative estimate of drug-likeness (QED) is 0.565. The second-order valence-corrected chi connectivity index (χ2v) is 2.16. The van der Waals surface area contributed by atoms with Crippen molar-refractivity contribution in [1.29, 1.82) is 0 Å². The van der Waals surface area contributed by atoms with E-state index in [9.17, 15) is 4.79 Å². The summed E-state index contributed by atoms with van der Waals surface area (Å²) in [7, 11) is 0. The van der Waals surface area contributed by atoms with E-state index in [1.807, 2.05) is 0 Å². The summed E-state index contributed by atoms with van der Waals surface area (Å²) in [5.74, 6) is 0.472. The molecule has 0 saturated carbocycles. The van der Waals surface area contributed by atoms with Gasteiger partial charge in [0.25, 0.3) is 0 Å². The highest BCUT2D eigenvalue weighted by Crippen LogP contribution is 2.07. The van der Waals surface area contributed by atoms with E-state index < -0.39 is 6.09 Å². The summed E-state index contributed by atoms with van der Waals surface area (Å²) >= 11 is 0. The zero-order valence-electron chi connectivity index (χ0n) is 6.40. The van der Waals surface area contributed by atoms with Crippen LogP contribution in [-0.4, -0.2) is 21.2 Å². The molecule has 6 heteroatoms. The molecule has 64 valence electrons. The number of nitrogens with zero attached hydrogens (tertiary/aromatic N) is 2. The summed E-state index contributed by atoms with van der Waals surface area (Å²) < 4.78 is 0. The number of amides is 1. The van der Waals surface area contributed by atoms with Gasteiger partial charge in [-0.25, -0.2) is 14.8 Å². The van der Waals surface area contributed by atoms with Crippen molar-refractivity contribution >= 4 is 17.7 Å². The minimum Gasteiger partial charge on any atom is -0.465 e. The number of nitrogen functional groups attached to an aromatic ring is 1. The van der Waals surface area contributed by atoms with Crippen LogP contribution < -0.4 is 11.1 Å². The molecule has 0 spiro atoms. The number of aryl methyl sites for hydroxylation is 1. The second kappa shape index (κ2) is 3.04. The maximum atomic E-state index is 10.2. The van der Waals surface area contributed by atoms with Crippen molar-refractivity contribution < 1.29 is 9.90 Å². The minimum absolute atomic E-state index is 0.175. The lowest BCUT2D eigenvalue weighted by Crippen LogP contribution is -2.10. The van der Waals surface area contributed by atoms with Gasteiger partial charge in [0.1, 0.15) is 5.82 Å². The topological polar surface area (TPSA) is 101 Å². The first-order valence-corrected chi connectivity index (χ1v) is 3.18. The van der Waals surface area contributed by atoms with Gasteiger partial charge < -0.3 is 10.8 Å². The Kier molecular flexibility index (Phi) is 2.09. The van der Waals surface area contributed by atoms with E-state index in [0.29, 0.717) is 11.5 Å². The third kappa shape index (κ3) is 1.82. The molecule has 4 N–H and O–H groups in total. The largest absolute Gasteiger partial charge is 0.465 e. The number of nitrogens with two attached hydrogens (primary N) is 1. The molecule has 0 atom stereocenters. The molecule has 0 aliphatic rings. The van der Waals surface area contributed by atoms with E-state index in [2.05, 4.69) is 15.3 Å². The van der Waals surface area contributed by atoms with E-state index in [0.717, 1.165) is 0 Å². The van der Waals surface area contributed by atoms with Gasteiger partial charge in [0, 0.05) is 0 Å². The van der Waals surface area contributed by atoms with Crippen molar-refractivity contribution in [1.82, 2.24) is 9.97 Å². The van der Waals surface area contributed by atoms with Gasteiger partial charge in [0.05, 0.1) is 11.9 Å². The Balaban J connectivity index is 2.89. The van der Waals surface area contributed by atoms with Crippen LogP contribution in [0.25, 0.3) is 0 Å². The van der Waals surface area contributed by atoms with Crippen molar-refractivity contribution in [2.24, 2.45) is 0 Å². The predicted octanol–water partition coefficient (Wildman–Crippen LogP) is 0.457. The Hall–Kier alpha value is -1.85. The number of aromatic nitrogens is 2. The summed E-state index contributed by atoms with van der Waals surface area (Å²) in [6, 6.07) is 0. The van der Waals surface area contributed by atoms with E-state index in [1.54, 1.807) is 6.92 Å². The molecule has 0 aromatic carbocycles. The molecule has 12 heavy (non-hydrogen) atoms. The Labute approximate surface area is 68.4 Å². The van der Waals surface area contributed by atoms with Crippen LogP contribution in [0.15, 0.2) is 6.20 Å². The predicted molar refractivity (Wildman–Crippen MR) is 42.8 cm³/mol. The molecule has 0 unspecified atom stereocenters. The molecule has 1 amide bonds. The average molecular weight is 168 g/mol. The third-order valence-electron chi connectivity index (χ3n) is 1.22. The molecule has 1 rings (SSSR count). The summed E-state index contributed by atoms with van der Waals surface area (Å²) in [6.07, 6.45) is 0.0877. The number of nitrogens with one attached hydrogen (secondary N) is 1. The van der Waals surface area contributed by atoms with Crippen LogP contribution in [0.4, 0.5) is 16.4 Å². The van der Waals surface area contributed by atoms with Crippen molar-refractivity contribution in [3.05, 3.63) is 11.9 Å². The van der Waals surface area contributed by atoms with Crippen LogP contribution in [0.3, 0.4) is 0 Å². The van der Waals surface area contributed by atoms with Gasteiger partial charge in [-0.3, -0.25) is 5.32 Å². The van der Waals surface area contributed by atoms with Gasteiger partial charge in [0.2, 0.25) is 0 Å². The lowest BCUT2D eigenvalue weighted by atomic mass is 10.4. The second-order valence-electron chi connectivity index (χ2n) is 2.16. The van der Waals surface area contributed by atoms with E-state index in [4.69, 9.17) is 10.8 Å². The molecule has 0 radical (unpaired) electrons. The zero-order valence-corrected chi connectivity index (χ0v) is 6.40. The number of hydrogen-bond acceptors (Lipinski definition) is 4. The standard InChI is InChI=1S/C6H8N4O2/c1-3-5(7)8-2-4(9-3)10-6(11)12/h2H,1H3,(H2,7,8)(H,9,10)(H,11,12). The molecular formula is C6H8N4O2. The van der Waals surface area contributed by atoms with Gasteiger partial charge in [0.15, 0.2) is 5.82 Å². The molecule has 1 aromatic heterocycles. The Morgan fingerprint density at radius 2 is 2.42 bits per heavy atom. The van der Waals surface area contributed by atoms with Crippen molar-refractivity contribution in [3.8, 4) is 0 Å². The first-order valence-electron chi connectivity index (χ1n) is 3.18.